The maximum Gasteiger partial charge on any atom is 0.307 e. The number of rotatable bonds is 7. The standard InChI is InChI=1S/C20H21ClN2O4/c1-12(2)8-18(24)22-15-6-7-17(21)16(11-15)20(27)23-14-5-3-4-13(9-14)10-19(25)26/h3-7,9,11-12H,8,10H2,1-2H3,(H,22,24)(H,23,27)(H,25,26). The largest absolute Gasteiger partial charge is 0.481 e. The van der Waals surface area contributed by atoms with Gasteiger partial charge in [-0.1, -0.05) is 37.6 Å². The zero-order valence-corrected chi connectivity index (χ0v) is 15.8. The number of benzene rings is 2. The van der Waals surface area contributed by atoms with E-state index in [1.165, 1.54) is 6.07 Å². The van der Waals surface area contributed by atoms with Gasteiger partial charge < -0.3 is 15.7 Å². The topological polar surface area (TPSA) is 95.5 Å². The lowest BCUT2D eigenvalue weighted by atomic mass is 10.1. The number of hydrogen-bond acceptors (Lipinski definition) is 3. The van der Waals surface area contributed by atoms with Crippen molar-refractivity contribution in [2.45, 2.75) is 26.7 Å². The second kappa shape index (κ2) is 9.19. The van der Waals surface area contributed by atoms with Crippen molar-refractivity contribution < 1.29 is 19.5 Å². The summed E-state index contributed by atoms with van der Waals surface area (Å²) in [7, 11) is 0. The first-order chi connectivity index (χ1) is 12.7. The average molecular weight is 389 g/mol. The molecule has 2 aromatic carbocycles. The first-order valence-corrected chi connectivity index (χ1v) is 8.84. The molecule has 0 saturated carbocycles. The highest BCUT2D eigenvalue weighted by Crippen LogP contribution is 2.23. The van der Waals surface area contributed by atoms with Crippen LogP contribution in [0.3, 0.4) is 0 Å². The minimum absolute atomic E-state index is 0.137. The number of carbonyl (C=O) groups is 3. The molecule has 3 N–H and O–H groups in total. The Kier molecular flexibility index (Phi) is 6.96. The van der Waals surface area contributed by atoms with Gasteiger partial charge in [0, 0.05) is 17.8 Å². The molecule has 0 aromatic heterocycles. The molecule has 0 atom stereocenters. The average Bonchev–Trinajstić information content (AvgIpc) is 2.55. The fourth-order valence-corrected chi connectivity index (χ4v) is 2.70. The third-order valence-electron chi connectivity index (χ3n) is 3.63. The lowest BCUT2D eigenvalue weighted by Crippen LogP contribution is -2.16. The Bertz CT molecular complexity index is 865. The molecule has 2 amide bonds. The zero-order valence-electron chi connectivity index (χ0n) is 15.1. The highest BCUT2D eigenvalue weighted by molar-refractivity contribution is 6.34. The summed E-state index contributed by atoms with van der Waals surface area (Å²) in [5.41, 5.74) is 1.72. The van der Waals surface area contributed by atoms with E-state index in [0.717, 1.165) is 0 Å². The molecular formula is C20H21ClN2O4. The molecule has 0 aliphatic rings. The lowest BCUT2D eigenvalue weighted by Gasteiger charge is -2.11. The number of carboxylic acid groups (broad SMARTS) is 1. The number of carboxylic acids is 1. The molecular weight excluding hydrogens is 368 g/mol. The van der Waals surface area contributed by atoms with Gasteiger partial charge in [0.25, 0.3) is 5.91 Å². The van der Waals surface area contributed by atoms with Gasteiger partial charge in [0.2, 0.25) is 5.91 Å². The van der Waals surface area contributed by atoms with Crippen LogP contribution in [0, 0.1) is 5.92 Å². The van der Waals surface area contributed by atoms with Crippen LogP contribution in [-0.4, -0.2) is 22.9 Å². The van der Waals surface area contributed by atoms with Crippen LogP contribution in [0.5, 0.6) is 0 Å². The van der Waals surface area contributed by atoms with Crippen molar-refractivity contribution in [3.63, 3.8) is 0 Å². The Labute approximate surface area is 162 Å². The summed E-state index contributed by atoms with van der Waals surface area (Å²) in [6.45, 7) is 3.89. The van der Waals surface area contributed by atoms with Gasteiger partial charge in [-0.2, -0.15) is 0 Å². The van der Waals surface area contributed by atoms with Gasteiger partial charge in [0.15, 0.2) is 0 Å². The monoisotopic (exact) mass is 388 g/mol. The molecule has 27 heavy (non-hydrogen) atoms. The normalized spacial score (nSPS) is 10.5. The van der Waals surface area contributed by atoms with E-state index >= 15 is 0 Å². The second-order valence-electron chi connectivity index (χ2n) is 6.57. The Morgan fingerprint density at radius 1 is 1.04 bits per heavy atom. The minimum atomic E-state index is -0.952. The number of carbonyl (C=O) groups excluding carboxylic acids is 2. The summed E-state index contributed by atoms with van der Waals surface area (Å²) in [6, 6.07) is 11.3. The van der Waals surface area contributed by atoms with Crippen LogP contribution < -0.4 is 10.6 Å². The van der Waals surface area contributed by atoms with Crippen molar-refractivity contribution in [3.05, 3.63) is 58.6 Å². The highest BCUT2D eigenvalue weighted by atomic mass is 35.5. The Hall–Kier alpha value is -2.86. The highest BCUT2D eigenvalue weighted by Gasteiger charge is 2.14. The third kappa shape index (κ3) is 6.42. The van der Waals surface area contributed by atoms with Crippen molar-refractivity contribution in [1.82, 2.24) is 0 Å². The molecule has 0 unspecified atom stereocenters. The molecule has 0 heterocycles. The van der Waals surface area contributed by atoms with Crippen molar-refractivity contribution in [3.8, 4) is 0 Å². The predicted molar refractivity (Wildman–Crippen MR) is 105 cm³/mol. The second-order valence-corrected chi connectivity index (χ2v) is 6.97. The van der Waals surface area contributed by atoms with Gasteiger partial charge in [-0.05, 0) is 41.8 Å². The third-order valence-corrected chi connectivity index (χ3v) is 3.96. The maximum atomic E-state index is 12.6. The molecule has 142 valence electrons. The van der Waals surface area contributed by atoms with Crippen LogP contribution in [0.25, 0.3) is 0 Å². The minimum Gasteiger partial charge on any atom is -0.481 e. The van der Waals surface area contributed by atoms with Gasteiger partial charge >= 0.3 is 5.97 Å². The van der Waals surface area contributed by atoms with Gasteiger partial charge in [-0.25, -0.2) is 0 Å². The molecule has 6 nitrogen and oxygen atoms in total. The van der Waals surface area contributed by atoms with Crippen molar-refractivity contribution >= 4 is 40.8 Å². The van der Waals surface area contributed by atoms with Crippen LogP contribution in [0.2, 0.25) is 5.02 Å². The van der Waals surface area contributed by atoms with Crippen molar-refractivity contribution in [1.29, 1.82) is 0 Å². The molecule has 0 radical (unpaired) electrons. The van der Waals surface area contributed by atoms with Gasteiger partial charge in [0.05, 0.1) is 17.0 Å². The van der Waals surface area contributed by atoms with E-state index in [1.807, 2.05) is 13.8 Å². The molecule has 2 rings (SSSR count). The van der Waals surface area contributed by atoms with Crippen molar-refractivity contribution in [2.24, 2.45) is 5.92 Å². The number of amides is 2. The van der Waals surface area contributed by atoms with Crippen molar-refractivity contribution in [2.75, 3.05) is 10.6 Å². The Morgan fingerprint density at radius 3 is 2.41 bits per heavy atom. The molecule has 7 heteroatoms. The summed E-state index contributed by atoms with van der Waals surface area (Å²) in [6.07, 6.45) is 0.238. The van der Waals surface area contributed by atoms with Crippen LogP contribution in [-0.2, 0) is 16.0 Å². The van der Waals surface area contributed by atoms with Gasteiger partial charge in [-0.15, -0.1) is 0 Å². The number of anilines is 2. The first-order valence-electron chi connectivity index (χ1n) is 8.46. The number of hydrogen-bond donors (Lipinski definition) is 3. The molecule has 2 aromatic rings. The van der Waals surface area contributed by atoms with E-state index < -0.39 is 11.9 Å². The number of nitrogens with one attached hydrogen (secondary N) is 2. The Morgan fingerprint density at radius 2 is 1.74 bits per heavy atom. The molecule has 0 bridgehead atoms. The fraction of sp³-hybridized carbons (Fsp3) is 0.250. The van der Waals surface area contributed by atoms with Gasteiger partial charge in [-0.3, -0.25) is 14.4 Å². The predicted octanol–water partition coefficient (Wildman–Crippen LogP) is 4.20. The summed E-state index contributed by atoms with van der Waals surface area (Å²) in [5, 5.41) is 14.6. The smallest absolute Gasteiger partial charge is 0.307 e. The lowest BCUT2D eigenvalue weighted by molar-refractivity contribution is -0.136. The van der Waals surface area contributed by atoms with Crippen LogP contribution in [0.4, 0.5) is 11.4 Å². The summed E-state index contributed by atoms with van der Waals surface area (Å²) >= 11 is 6.13. The zero-order chi connectivity index (χ0) is 20.0. The SMILES string of the molecule is CC(C)CC(=O)Nc1ccc(Cl)c(C(=O)Nc2cccc(CC(=O)O)c2)c1. The van der Waals surface area contributed by atoms with E-state index in [9.17, 15) is 14.4 Å². The fourth-order valence-electron chi connectivity index (χ4n) is 2.49. The van der Waals surface area contributed by atoms with E-state index in [1.54, 1.807) is 36.4 Å². The molecule has 0 saturated heterocycles. The molecule has 0 spiro atoms. The number of aliphatic carboxylic acids is 1. The van der Waals surface area contributed by atoms with Gasteiger partial charge in [0.1, 0.15) is 0 Å². The molecule has 0 aliphatic heterocycles. The number of halogens is 1. The van der Waals surface area contributed by atoms with Crippen LogP contribution >= 0.6 is 11.6 Å². The quantitative estimate of drug-likeness (QED) is 0.662. The van der Waals surface area contributed by atoms with E-state index in [2.05, 4.69) is 10.6 Å². The molecule has 0 aliphatic carbocycles. The van der Waals surface area contributed by atoms with E-state index in [0.29, 0.717) is 23.4 Å². The Balaban J connectivity index is 2.15. The summed E-state index contributed by atoms with van der Waals surface area (Å²) in [5.74, 6) is -1.32. The van der Waals surface area contributed by atoms with Crippen LogP contribution in [0.1, 0.15) is 36.2 Å². The summed E-state index contributed by atoms with van der Waals surface area (Å²) < 4.78 is 0. The van der Waals surface area contributed by atoms with E-state index in [-0.39, 0.29) is 28.8 Å². The maximum absolute atomic E-state index is 12.6. The molecule has 0 fully saturated rings. The first kappa shape index (κ1) is 20.5. The van der Waals surface area contributed by atoms with E-state index in [4.69, 9.17) is 16.7 Å². The summed E-state index contributed by atoms with van der Waals surface area (Å²) in [4.78, 5) is 35.3. The van der Waals surface area contributed by atoms with Crippen LogP contribution in [0.15, 0.2) is 42.5 Å².